The molecule has 0 fully saturated rings. The summed E-state index contributed by atoms with van der Waals surface area (Å²) in [4.78, 5) is 9.61. The number of nitrogen functional groups attached to an aromatic ring is 1. The maximum absolute atomic E-state index is 13.0. The van der Waals surface area contributed by atoms with Crippen LogP contribution in [0.2, 0.25) is 0 Å². The first kappa shape index (κ1) is 10.5. The number of nitro groups is 1. The third kappa shape index (κ3) is 2.20. The van der Waals surface area contributed by atoms with Crippen LogP contribution in [0.25, 0.3) is 0 Å². The standard InChI is InChI=1S/C9H4FN3O2/c10-8-5-7(13(14)15)4-6(9(8)12)2-1-3-11/h4-5H,12H2. The van der Waals surface area contributed by atoms with Gasteiger partial charge in [-0.2, -0.15) is 5.26 Å². The topological polar surface area (TPSA) is 92.9 Å². The number of benzene rings is 1. The first-order valence-electron chi connectivity index (χ1n) is 3.69. The number of nitrogens with two attached hydrogens (primary N) is 1. The number of nitrogens with zero attached hydrogens (tertiary/aromatic N) is 2. The van der Waals surface area contributed by atoms with Gasteiger partial charge in [0.15, 0.2) is 11.9 Å². The van der Waals surface area contributed by atoms with E-state index in [0.717, 1.165) is 6.07 Å². The first-order chi connectivity index (χ1) is 7.06. The van der Waals surface area contributed by atoms with E-state index >= 15 is 0 Å². The number of hydrogen-bond donors (Lipinski definition) is 1. The summed E-state index contributed by atoms with van der Waals surface area (Å²) >= 11 is 0. The monoisotopic (exact) mass is 205 g/mol. The quantitative estimate of drug-likeness (QED) is 0.322. The third-order valence-electron chi connectivity index (χ3n) is 1.58. The number of non-ortho nitro benzene ring substituents is 1. The van der Waals surface area contributed by atoms with Gasteiger partial charge in [-0.25, -0.2) is 4.39 Å². The van der Waals surface area contributed by atoms with Gasteiger partial charge in [-0.15, -0.1) is 0 Å². The summed E-state index contributed by atoms with van der Waals surface area (Å²) in [6.07, 6.45) is 0. The Morgan fingerprint density at radius 1 is 1.53 bits per heavy atom. The summed E-state index contributed by atoms with van der Waals surface area (Å²) < 4.78 is 13.0. The van der Waals surface area contributed by atoms with Gasteiger partial charge in [0.25, 0.3) is 5.69 Å². The van der Waals surface area contributed by atoms with Crippen molar-refractivity contribution in [3.63, 3.8) is 0 Å². The van der Waals surface area contributed by atoms with Gasteiger partial charge in [0.05, 0.1) is 22.2 Å². The molecule has 0 saturated heterocycles. The molecule has 5 nitrogen and oxygen atoms in total. The smallest absolute Gasteiger partial charge is 0.273 e. The van der Waals surface area contributed by atoms with E-state index in [-0.39, 0.29) is 11.3 Å². The van der Waals surface area contributed by atoms with Crippen molar-refractivity contribution in [2.45, 2.75) is 0 Å². The Balaban J connectivity index is 3.39. The van der Waals surface area contributed by atoms with Crippen LogP contribution in [0.5, 0.6) is 0 Å². The molecule has 15 heavy (non-hydrogen) atoms. The lowest BCUT2D eigenvalue weighted by Crippen LogP contribution is -1.98. The maximum Gasteiger partial charge on any atom is 0.273 e. The van der Waals surface area contributed by atoms with Crippen LogP contribution in [-0.4, -0.2) is 4.92 Å². The van der Waals surface area contributed by atoms with Crippen molar-refractivity contribution in [2.75, 3.05) is 5.73 Å². The molecule has 0 heterocycles. The molecule has 74 valence electrons. The molecule has 2 N–H and O–H groups in total. The molecular weight excluding hydrogens is 201 g/mol. The van der Waals surface area contributed by atoms with Crippen LogP contribution in [0.3, 0.4) is 0 Å². The minimum atomic E-state index is -0.925. The predicted molar refractivity (Wildman–Crippen MR) is 50.0 cm³/mol. The Bertz CT molecular complexity index is 523. The van der Waals surface area contributed by atoms with Crippen LogP contribution in [0.15, 0.2) is 12.1 Å². The molecule has 1 rings (SSSR count). The fourth-order valence-corrected chi connectivity index (χ4v) is 0.908. The molecule has 0 aromatic heterocycles. The molecule has 0 atom stereocenters. The van der Waals surface area contributed by atoms with Crippen molar-refractivity contribution < 1.29 is 9.31 Å². The lowest BCUT2D eigenvalue weighted by atomic mass is 10.1. The third-order valence-corrected chi connectivity index (χ3v) is 1.58. The van der Waals surface area contributed by atoms with Crippen molar-refractivity contribution in [3.8, 4) is 17.9 Å². The number of nitro benzene ring substituents is 1. The van der Waals surface area contributed by atoms with Gasteiger partial charge in [0.2, 0.25) is 0 Å². The van der Waals surface area contributed by atoms with Crippen LogP contribution in [0.1, 0.15) is 5.56 Å². The summed E-state index contributed by atoms with van der Waals surface area (Å²) in [6, 6.07) is 3.22. The van der Waals surface area contributed by atoms with E-state index in [4.69, 9.17) is 11.0 Å². The van der Waals surface area contributed by atoms with E-state index in [2.05, 4.69) is 5.92 Å². The Hall–Kier alpha value is -2.60. The van der Waals surface area contributed by atoms with E-state index in [1.54, 1.807) is 0 Å². The zero-order valence-electron chi connectivity index (χ0n) is 7.32. The summed E-state index contributed by atoms with van der Waals surface area (Å²) in [6.45, 7) is 0. The van der Waals surface area contributed by atoms with E-state index in [0.29, 0.717) is 6.07 Å². The van der Waals surface area contributed by atoms with Crippen molar-refractivity contribution in [2.24, 2.45) is 0 Å². The van der Waals surface area contributed by atoms with Gasteiger partial charge in [0, 0.05) is 12.0 Å². The number of rotatable bonds is 1. The molecule has 0 radical (unpaired) electrons. The summed E-state index contributed by atoms with van der Waals surface area (Å²) in [5.74, 6) is 3.28. The van der Waals surface area contributed by atoms with E-state index < -0.39 is 16.4 Å². The molecule has 0 spiro atoms. The Kier molecular flexibility index (Phi) is 2.85. The SMILES string of the molecule is N#CC#Cc1cc([N+](=O)[O-])cc(F)c1N. The number of anilines is 1. The molecule has 6 heteroatoms. The minimum Gasteiger partial charge on any atom is -0.395 e. The molecule has 1 aromatic rings. The highest BCUT2D eigenvalue weighted by Crippen LogP contribution is 2.22. The van der Waals surface area contributed by atoms with Crippen LogP contribution in [0, 0.1) is 39.1 Å². The number of hydrogen-bond acceptors (Lipinski definition) is 4. The van der Waals surface area contributed by atoms with Crippen molar-refractivity contribution in [1.29, 1.82) is 5.26 Å². The van der Waals surface area contributed by atoms with E-state index in [1.165, 1.54) is 6.07 Å². The van der Waals surface area contributed by atoms with Crippen LogP contribution >= 0.6 is 0 Å². The van der Waals surface area contributed by atoms with Crippen molar-refractivity contribution >= 4 is 11.4 Å². The van der Waals surface area contributed by atoms with Crippen molar-refractivity contribution in [1.82, 2.24) is 0 Å². The minimum absolute atomic E-state index is 0.0664. The zero-order valence-corrected chi connectivity index (χ0v) is 7.32. The average molecular weight is 205 g/mol. The second-order valence-corrected chi connectivity index (χ2v) is 2.51. The average Bonchev–Trinajstić information content (AvgIpc) is 2.19. The number of halogens is 1. The Morgan fingerprint density at radius 3 is 2.73 bits per heavy atom. The Morgan fingerprint density at radius 2 is 2.20 bits per heavy atom. The molecule has 0 unspecified atom stereocenters. The highest BCUT2D eigenvalue weighted by molar-refractivity contribution is 5.61. The van der Waals surface area contributed by atoms with Crippen molar-refractivity contribution in [3.05, 3.63) is 33.6 Å². The molecule has 0 aliphatic heterocycles. The maximum atomic E-state index is 13.0. The first-order valence-corrected chi connectivity index (χ1v) is 3.69. The normalized spacial score (nSPS) is 8.53. The van der Waals surface area contributed by atoms with E-state index in [1.807, 2.05) is 5.92 Å². The molecule has 0 bridgehead atoms. The summed E-state index contributed by atoms with van der Waals surface area (Å²) in [5.41, 5.74) is 4.46. The van der Waals surface area contributed by atoms with Gasteiger partial charge >= 0.3 is 0 Å². The van der Waals surface area contributed by atoms with Gasteiger partial charge in [0.1, 0.15) is 0 Å². The molecular formula is C9H4FN3O2. The highest BCUT2D eigenvalue weighted by atomic mass is 19.1. The van der Waals surface area contributed by atoms with Gasteiger partial charge in [-0.05, 0) is 5.92 Å². The van der Waals surface area contributed by atoms with Gasteiger partial charge in [-0.1, -0.05) is 0 Å². The molecule has 0 aliphatic rings. The fraction of sp³-hybridized carbons (Fsp3) is 0. The fourth-order valence-electron chi connectivity index (χ4n) is 0.908. The predicted octanol–water partition coefficient (Wildman–Crippen LogP) is 1.19. The second-order valence-electron chi connectivity index (χ2n) is 2.51. The van der Waals surface area contributed by atoms with Crippen LogP contribution in [0.4, 0.5) is 15.8 Å². The second kappa shape index (κ2) is 4.07. The molecule has 0 amide bonds. The molecule has 0 aliphatic carbocycles. The van der Waals surface area contributed by atoms with E-state index in [9.17, 15) is 14.5 Å². The van der Waals surface area contributed by atoms with Gasteiger partial charge in [-0.3, -0.25) is 10.1 Å². The zero-order chi connectivity index (χ0) is 11.4. The van der Waals surface area contributed by atoms with Crippen LogP contribution < -0.4 is 5.73 Å². The lowest BCUT2D eigenvalue weighted by molar-refractivity contribution is -0.385. The number of nitriles is 1. The molecule has 0 saturated carbocycles. The largest absolute Gasteiger partial charge is 0.395 e. The van der Waals surface area contributed by atoms with Crippen LogP contribution in [-0.2, 0) is 0 Å². The van der Waals surface area contributed by atoms with Gasteiger partial charge < -0.3 is 5.73 Å². The highest BCUT2D eigenvalue weighted by Gasteiger charge is 2.13. The molecule has 1 aromatic carbocycles. The lowest BCUT2D eigenvalue weighted by Gasteiger charge is -1.99. The summed E-state index contributed by atoms with van der Waals surface area (Å²) in [5, 5.41) is 18.5. The Labute approximate surface area is 84.1 Å². The summed E-state index contributed by atoms with van der Waals surface area (Å²) in [7, 11) is 0.